The summed E-state index contributed by atoms with van der Waals surface area (Å²) in [5, 5.41) is 8.57. The number of hydrogen-bond acceptors (Lipinski definition) is 5. The Morgan fingerprint density at radius 3 is 2.72 bits per heavy atom. The lowest BCUT2D eigenvalue weighted by Gasteiger charge is -2.28. The van der Waals surface area contributed by atoms with Crippen molar-refractivity contribution in [1.82, 2.24) is 24.6 Å². The molecule has 3 aliphatic rings. The van der Waals surface area contributed by atoms with Gasteiger partial charge in [0.05, 0.1) is 12.7 Å². The molecular formula is C21H20FN5O2. The van der Waals surface area contributed by atoms with E-state index in [1.807, 2.05) is 4.57 Å². The molecule has 0 bridgehead atoms. The third-order valence-electron chi connectivity index (χ3n) is 5.97. The highest BCUT2D eigenvalue weighted by molar-refractivity contribution is 5.96. The van der Waals surface area contributed by atoms with E-state index >= 15 is 0 Å². The maximum Gasteiger partial charge on any atom is 0.254 e. The van der Waals surface area contributed by atoms with E-state index in [4.69, 9.17) is 4.42 Å². The van der Waals surface area contributed by atoms with Crippen LogP contribution in [0.4, 0.5) is 4.39 Å². The van der Waals surface area contributed by atoms with Gasteiger partial charge in [-0.3, -0.25) is 4.79 Å². The highest BCUT2D eigenvalue weighted by Crippen LogP contribution is 2.42. The van der Waals surface area contributed by atoms with E-state index in [-0.39, 0.29) is 11.7 Å². The summed E-state index contributed by atoms with van der Waals surface area (Å²) >= 11 is 0. The van der Waals surface area contributed by atoms with Crippen LogP contribution in [0.1, 0.15) is 65.2 Å². The van der Waals surface area contributed by atoms with E-state index < -0.39 is 0 Å². The molecule has 3 aromatic rings. The minimum Gasteiger partial charge on any atom is -0.437 e. The largest absolute Gasteiger partial charge is 0.437 e. The number of benzene rings is 1. The van der Waals surface area contributed by atoms with Crippen LogP contribution < -0.4 is 0 Å². The first-order valence-corrected chi connectivity index (χ1v) is 10.1. The lowest BCUT2D eigenvalue weighted by Crippen LogP contribution is -2.39. The minimum atomic E-state index is -0.288. The van der Waals surface area contributed by atoms with Crippen LogP contribution >= 0.6 is 0 Å². The topological polar surface area (TPSA) is 77.1 Å². The van der Waals surface area contributed by atoms with Crippen molar-refractivity contribution in [2.75, 3.05) is 6.54 Å². The van der Waals surface area contributed by atoms with Crippen molar-refractivity contribution in [3.8, 4) is 11.6 Å². The van der Waals surface area contributed by atoms with Gasteiger partial charge in [0.25, 0.3) is 5.91 Å². The summed E-state index contributed by atoms with van der Waals surface area (Å²) in [6.45, 7) is 1.50. The number of nitrogens with zero attached hydrogens (tertiary/aromatic N) is 5. The van der Waals surface area contributed by atoms with E-state index in [9.17, 15) is 9.18 Å². The van der Waals surface area contributed by atoms with Crippen molar-refractivity contribution >= 4 is 5.91 Å². The lowest BCUT2D eigenvalue weighted by molar-refractivity contribution is 0.0706. The maximum absolute atomic E-state index is 13.7. The molecule has 1 amide bonds. The van der Waals surface area contributed by atoms with E-state index in [0.717, 1.165) is 43.0 Å². The van der Waals surface area contributed by atoms with Gasteiger partial charge in [0.2, 0.25) is 5.82 Å². The van der Waals surface area contributed by atoms with Crippen LogP contribution in [-0.2, 0) is 13.1 Å². The second-order valence-corrected chi connectivity index (χ2v) is 8.16. The Morgan fingerprint density at radius 1 is 1.10 bits per heavy atom. The zero-order valence-corrected chi connectivity index (χ0v) is 15.8. The SMILES string of the molecule is O=C(c1ccc(F)cc1C1CC1)N1CCn2c(nnc2-c2cnc(C3CC3)o2)C1. The molecule has 0 saturated heterocycles. The summed E-state index contributed by atoms with van der Waals surface area (Å²) < 4.78 is 21.6. The fourth-order valence-electron chi connectivity index (χ4n) is 4.05. The smallest absolute Gasteiger partial charge is 0.254 e. The molecule has 3 heterocycles. The molecule has 29 heavy (non-hydrogen) atoms. The van der Waals surface area contributed by atoms with E-state index in [0.29, 0.717) is 48.6 Å². The van der Waals surface area contributed by atoms with Gasteiger partial charge in [-0.2, -0.15) is 0 Å². The van der Waals surface area contributed by atoms with Gasteiger partial charge in [-0.1, -0.05) is 0 Å². The predicted molar refractivity (Wildman–Crippen MR) is 101 cm³/mol. The lowest BCUT2D eigenvalue weighted by atomic mass is 10.0. The first kappa shape index (κ1) is 16.9. The molecule has 0 N–H and O–H groups in total. The molecule has 7 nitrogen and oxygen atoms in total. The molecule has 0 unspecified atom stereocenters. The number of carbonyl (C=O) groups excluding carboxylic acids is 1. The molecule has 148 valence electrons. The van der Waals surface area contributed by atoms with Gasteiger partial charge in [0, 0.05) is 24.6 Å². The number of aromatic nitrogens is 4. The van der Waals surface area contributed by atoms with E-state index in [2.05, 4.69) is 15.2 Å². The number of rotatable bonds is 4. The van der Waals surface area contributed by atoms with Crippen LogP contribution in [0.15, 0.2) is 28.8 Å². The van der Waals surface area contributed by atoms with Crippen LogP contribution in [0.3, 0.4) is 0 Å². The predicted octanol–water partition coefficient (Wildman–Crippen LogP) is 3.48. The van der Waals surface area contributed by atoms with Crippen molar-refractivity contribution in [3.05, 3.63) is 53.1 Å². The quantitative estimate of drug-likeness (QED) is 0.678. The molecule has 0 spiro atoms. The Hall–Kier alpha value is -3.03. The molecule has 0 radical (unpaired) electrons. The summed E-state index contributed by atoms with van der Waals surface area (Å²) in [5.74, 6) is 3.16. The second-order valence-electron chi connectivity index (χ2n) is 8.16. The summed E-state index contributed by atoms with van der Waals surface area (Å²) in [7, 11) is 0. The maximum atomic E-state index is 13.7. The minimum absolute atomic E-state index is 0.0709. The molecule has 2 aliphatic carbocycles. The molecular weight excluding hydrogens is 373 g/mol. The fraction of sp³-hybridized carbons (Fsp3) is 0.429. The van der Waals surface area contributed by atoms with Crippen molar-refractivity contribution in [2.45, 2.75) is 50.6 Å². The first-order chi connectivity index (χ1) is 14.2. The number of carbonyl (C=O) groups is 1. The fourth-order valence-corrected chi connectivity index (χ4v) is 4.05. The van der Waals surface area contributed by atoms with Crippen LogP contribution in [0.25, 0.3) is 11.6 Å². The Balaban J connectivity index is 1.26. The molecule has 1 aromatic carbocycles. The normalized spacial score (nSPS) is 18.7. The second kappa shape index (κ2) is 6.23. The van der Waals surface area contributed by atoms with Gasteiger partial charge in [-0.15, -0.1) is 10.2 Å². The summed E-state index contributed by atoms with van der Waals surface area (Å²) in [4.78, 5) is 19.3. The average Bonchev–Trinajstić information content (AvgIpc) is 3.66. The summed E-state index contributed by atoms with van der Waals surface area (Å²) in [5.41, 5.74) is 1.43. The molecule has 2 saturated carbocycles. The Morgan fingerprint density at radius 2 is 1.93 bits per heavy atom. The molecule has 0 atom stereocenters. The van der Waals surface area contributed by atoms with Crippen molar-refractivity contribution in [3.63, 3.8) is 0 Å². The van der Waals surface area contributed by atoms with Crippen molar-refractivity contribution in [2.24, 2.45) is 0 Å². The number of hydrogen-bond donors (Lipinski definition) is 0. The van der Waals surface area contributed by atoms with Crippen LogP contribution in [0.2, 0.25) is 0 Å². The molecule has 8 heteroatoms. The van der Waals surface area contributed by atoms with Crippen LogP contribution in [0, 0.1) is 5.82 Å². The molecule has 2 aromatic heterocycles. The zero-order valence-electron chi connectivity index (χ0n) is 15.8. The van der Waals surface area contributed by atoms with Crippen molar-refractivity contribution < 1.29 is 13.6 Å². The van der Waals surface area contributed by atoms with Gasteiger partial charge in [-0.25, -0.2) is 9.37 Å². The first-order valence-electron chi connectivity index (χ1n) is 10.1. The molecule has 6 rings (SSSR count). The van der Waals surface area contributed by atoms with Gasteiger partial charge in [0.1, 0.15) is 5.82 Å². The van der Waals surface area contributed by atoms with E-state index in [1.165, 1.54) is 12.1 Å². The monoisotopic (exact) mass is 393 g/mol. The number of fused-ring (bicyclic) bond motifs is 1. The third-order valence-corrected chi connectivity index (χ3v) is 5.97. The Kier molecular flexibility index (Phi) is 3.63. The van der Waals surface area contributed by atoms with Gasteiger partial charge in [0.15, 0.2) is 17.5 Å². The van der Waals surface area contributed by atoms with Gasteiger partial charge < -0.3 is 13.9 Å². The average molecular weight is 393 g/mol. The Labute approximate surface area is 166 Å². The van der Waals surface area contributed by atoms with Crippen molar-refractivity contribution in [1.29, 1.82) is 0 Å². The third kappa shape index (κ3) is 2.94. The van der Waals surface area contributed by atoms with E-state index in [1.54, 1.807) is 17.2 Å². The number of oxazole rings is 1. The van der Waals surface area contributed by atoms with Crippen LogP contribution in [-0.4, -0.2) is 37.1 Å². The van der Waals surface area contributed by atoms with Gasteiger partial charge >= 0.3 is 0 Å². The Bertz CT molecular complexity index is 1110. The standard InChI is InChI=1S/C21H20FN5O2/c22-14-5-6-15(16(9-14)12-1-2-12)21(28)26-7-8-27-18(11-26)24-25-19(27)17-10-23-20(29-17)13-3-4-13/h5-6,9-10,12-13H,1-4,7-8,11H2. The molecule has 2 fully saturated rings. The van der Waals surface area contributed by atoms with Gasteiger partial charge in [-0.05, 0) is 55.4 Å². The highest BCUT2D eigenvalue weighted by Gasteiger charge is 2.33. The summed E-state index contributed by atoms with van der Waals surface area (Å²) in [6, 6.07) is 4.49. The number of halogens is 1. The highest BCUT2D eigenvalue weighted by atomic mass is 19.1. The molecule has 1 aliphatic heterocycles. The summed E-state index contributed by atoms with van der Waals surface area (Å²) in [6.07, 6.45) is 5.99. The number of amides is 1. The zero-order chi connectivity index (χ0) is 19.5. The van der Waals surface area contributed by atoms with Crippen LogP contribution in [0.5, 0.6) is 0 Å².